The molecule has 2 aromatic rings. The van der Waals surface area contributed by atoms with Gasteiger partial charge in [-0.05, 0) is 61.9 Å². The molecule has 2 aliphatic rings. The molecule has 3 heterocycles. The van der Waals surface area contributed by atoms with Crippen molar-refractivity contribution in [3.63, 3.8) is 0 Å². The van der Waals surface area contributed by atoms with Gasteiger partial charge < -0.3 is 15.0 Å². The second-order valence-corrected chi connectivity index (χ2v) is 8.71. The summed E-state index contributed by atoms with van der Waals surface area (Å²) in [6.07, 6.45) is 4.19. The van der Waals surface area contributed by atoms with Crippen molar-refractivity contribution in [3.8, 4) is 0 Å². The Morgan fingerprint density at radius 3 is 2.62 bits per heavy atom. The van der Waals surface area contributed by atoms with E-state index < -0.39 is 5.41 Å². The van der Waals surface area contributed by atoms with Crippen molar-refractivity contribution in [2.24, 2.45) is 5.41 Å². The fourth-order valence-electron chi connectivity index (χ4n) is 4.16. The van der Waals surface area contributed by atoms with E-state index >= 15 is 0 Å². The lowest BCUT2D eigenvalue weighted by atomic mass is 9.73. The van der Waals surface area contributed by atoms with Crippen LogP contribution < -0.4 is 10.2 Å². The molecule has 0 aliphatic carbocycles. The van der Waals surface area contributed by atoms with Crippen molar-refractivity contribution in [1.82, 2.24) is 15.5 Å². The summed E-state index contributed by atoms with van der Waals surface area (Å²) in [6, 6.07) is 7.97. The van der Waals surface area contributed by atoms with Crippen molar-refractivity contribution in [2.45, 2.75) is 39.2 Å². The van der Waals surface area contributed by atoms with E-state index in [4.69, 9.17) is 16.3 Å². The Morgan fingerprint density at radius 2 is 1.93 bits per heavy atom. The largest absolute Gasteiger partial charge is 0.381 e. The monoisotopic (exact) mass is 414 g/mol. The van der Waals surface area contributed by atoms with Crippen LogP contribution in [0.1, 0.15) is 29.5 Å². The molecule has 1 aromatic carbocycles. The van der Waals surface area contributed by atoms with E-state index in [0.717, 1.165) is 35.3 Å². The number of carbonyl (C=O) groups is 1. The molecule has 2 fully saturated rings. The highest BCUT2D eigenvalue weighted by Crippen LogP contribution is 2.39. The smallest absolute Gasteiger partial charge is 0.230 e. The number of anilines is 1. The van der Waals surface area contributed by atoms with Crippen LogP contribution in [0.15, 0.2) is 30.5 Å². The van der Waals surface area contributed by atoms with Gasteiger partial charge in [0.05, 0.1) is 11.6 Å². The van der Waals surface area contributed by atoms with Crippen molar-refractivity contribution >= 4 is 23.3 Å². The molecule has 0 radical (unpaired) electrons. The topological polar surface area (TPSA) is 67.4 Å². The summed E-state index contributed by atoms with van der Waals surface area (Å²) < 4.78 is 5.43. The van der Waals surface area contributed by atoms with E-state index in [1.165, 1.54) is 0 Å². The van der Waals surface area contributed by atoms with Gasteiger partial charge in [-0.1, -0.05) is 23.7 Å². The number of nitrogens with zero attached hydrogens (tertiary/aromatic N) is 3. The average molecular weight is 415 g/mol. The van der Waals surface area contributed by atoms with Crippen molar-refractivity contribution in [2.75, 3.05) is 31.2 Å². The van der Waals surface area contributed by atoms with Crippen LogP contribution in [-0.2, 0) is 16.0 Å². The molecule has 0 bridgehead atoms. The minimum absolute atomic E-state index is 0.119. The van der Waals surface area contributed by atoms with Crippen LogP contribution in [-0.4, -0.2) is 48.4 Å². The van der Waals surface area contributed by atoms with E-state index in [9.17, 15) is 4.79 Å². The summed E-state index contributed by atoms with van der Waals surface area (Å²) in [4.78, 5) is 15.5. The van der Waals surface area contributed by atoms with E-state index in [2.05, 4.69) is 27.3 Å². The second-order valence-electron chi connectivity index (χ2n) is 8.28. The van der Waals surface area contributed by atoms with Crippen LogP contribution in [0.2, 0.25) is 5.02 Å². The number of rotatable bonds is 5. The first-order valence-corrected chi connectivity index (χ1v) is 10.5. The van der Waals surface area contributed by atoms with Crippen LogP contribution in [0.5, 0.6) is 0 Å². The molecule has 0 saturated carbocycles. The molecule has 1 N–H and O–H groups in total. The summed E-state index contributed by atoms with van der Waals surface area (Å²) in [7, 11) is 0. The number of hydrogen-bond acceptors (Lipinski definition) is 5. The molecule has 7 heteroatoms. The fraction of sp³-hybridized carbons (Fsp3) is 0.500. The summed E-state index contributed by atoms with van der Waals surface area (Å²) >= 11 is 6.04. The summed E-state index contributed by atoms with van der Waals surface area (Å²) in [5.41, 5.74) is 2.86. The number of halogens is 1. The zero-order valence-electron chi connectivity index (χ0n) is 16.9. The van der Waals surface area contributed by atoms with Crippen LogP contribution in [0.25, 0.3) is 0 Å². The van der Waals surface area contributed by atoms with Gasteiger partial charge in [-0.2, -0.15) is 5.10 Å². The highest BCUT2D eigenvalue weighted by molar-refractivity contribution is 6.30. The van der Waals surface area contributed by atoms with Gasteiger partial charge in [0.2, 0.25) is 5.91 Å². The second kappa shape index (κ2) is 8.28. The van der Waals surface area contributed by atoms with Crippen molar-refractivity contribution in [1.29, 1.82) is 0 Å². The van der Waals surface area contributed by atoms with E-state index in [1.807, 2.05) is 31.2 Å². The normalized spacial score (nSPS) is 18.9. The van der Waals surface area contributed by atoms with Gasteiger partial charge in [0, 0.05) is 37.4 Å². The highest BCUT2D eigenvalue weighted by atomic mass is 35.5. The molecular weight excluding hydrogens is 388 g/mol. The molecule has 0 spiro atoms. The molecule has 0 atom stereocenters. The number of ether oxygens (including phenoxy) is 1. The first-order valence-electron chi connectivity index (χ1n) is 10.1. The third-order valence-corrected chi connectivity index (χ3v) is 6.36. The van der Waals surface area contributed by atoms with E-state index in [0.29, 0.717) is 37.7 Å². The molecule has 2 saturated heterocycles. The van der Waals surface area contributed by atoms with Gasteiger partial charge in [-0.25, -0.2) is 0 Å². The molecular formula is C22H27ClN4O2. The van der Waals surface area contributed by atoms with Crippen LogP contribution in [0.4, 0.5) is 5.82 Å². The van der Waals surface area contributed by atoms with E-state index in [1.54, 1.807) is 6.20 Å². The molecule has 154 valence electrons. The lowest BCUT2D eigenvalue weighted by molar-refractivity contribution is -0.134. The maximum Gasteiger partial charge on any atom is 0.230 e. The number of aryl methyl sites for hydroxylation is 1. The summed E-state index contributed by atoms with van der Waals surface area (Å²) in [5.74, 6) is 0.990. The van der Waals surface area contributed by atoms with Crippen LogP contribution in [0.3, 0.4) is 0 Å². The molecule has 29 heavy (non-hydrogen) atoms. The van der Waals surface area contributed by atoms with Crippen LogP contribution in [0, 0.1) is 19.3 Å². The average Bonchev–Trinajstić information content (AvgIpc) is 2.69. The Labute approximate surface area is 176 Å². The molecule has 1 aromatic heterocycles. The molecule has 6 nitrogen and oxygen atoms in total. The fourth-order valence-corrected chi connectivity index (χ4v) is 4.29. The third kappa shape index (κ3) is 4.23. The zero-order valence-corrected chi connectivity index (χ0v) is 17.7. The first kappa shape index (κ1) is 20.1. The number of amides is 1. The maximum atomic E-state index is 13.4. The summed E-state index contributed by atoms with van der Waals surface area (Å²) in [6.45, 7) is 6.76. The predicted octanol–water partition coefficient (Wildman–Crippen LogP) is 3.09. The Hall–Kier alpha value is -2.18. The summed E-state index contributed by atoms with van der Waals surface area (Å²) in [5, 5.41) is 12.4. The SMILES string of the molecule is Cc1cnnc(N2CC(Cc3ccc(Cl)cc3)(C(=O)NC3CCOCC3)C2)c1C. The molecule has 4 rings (SSSR count). The van der Waals surface area contributed by atoms with Gasteiger partial charge in [-0.3, -0.25) is 4.79 Å². The third-order valence-electron chi connectivity index (χ3n) is 6.11. The Morgan fingerprint density at radius 1 is 1.24 bits per heavy atom. The first-order chi connectivity index (χ1) is 14.0. The van der Waals surface area contributed by atoms with Crippen molar-refractivity contribution < 1.29 is 9.53 Å². The number of hydrogen-bond donors (Lipinski definition) is 1. The lowest BCUT2D eigenvalue weighted by Gasteiger charge is -2.50. The van der Waals surface area contributed by atoms with E-state index in [-0.39, 0.29) is 11.9 Å². The van der Waals surface area contributed by atoms with Gasteiger partial charge in [0.1, 0.15) is 0 Å². The number of aromatic nitrogens is 2. The Kier molecular flexibility index (Phi) is 5.74. The van der Waals surface area contributed by atoms with Gasteiger partial charge in [-0.15, -0.1) is 5.10 Å². The molecule has 1 amide bonds. The maximum absolute atomic E-state index is 13.4. The lowest BCUT2D eigenvalue weighted by Crippen LogP contribution is -2.66. The standard InChI is InChI=1S/C22H27ClN4O2/c1-15-12-24-26-20(16(15)2)27-13-22(14-27,11-17-3-5-18(23)6-4-17)21(28)25-19-7-9-29-10-8-19/h3-6,12,19H,7-11,13-14H2,1-2H3,(H,25,28). The van der Waals surface area contributed by atoms with Crippen LogP contribution >= 0.6 is 11.6 Å². The minimum atomic E-state index is -0.482. The van der Waals surface area contributed by atoms with Gasteiger partial charge >= 0.3 is 0 Å². The van der Waals surface area contributed by atoms with Crippen molar-refractivity contribution in [3.05, 3.63) is 52.2 Å². The molecule has 0 unspecified atom stereocenters. The molecule has 2 aliphatic heterocycles. The zero-order chi connectivity index (χ0) is 20.4. The Balaban J connectivity index is 1.54. The number of carbonyl (C=O) groups excluding carboxylic acids is 1. The van der Waals surface area contributed by atoms with Gasteiger partial charge in [0.15, 0.2) is 5.82 Å². The quantitative estimate of drug-likeness (QED) is 0.814. The highest BCUT2D eigenvalue weighted by Gasteiger charge is 2.50. The Bertz CT molecular complexity index is 875. The van der Waals surface area contributed by atoms with Gasteiger partial charge in [0.25, 0.3) is 0 Å². The number of nitrogens with one attached hydrogen (secondary N) is 1. The minimum Gasteiger partial charge on any atom is -0.381 e. The predicted molar refractivity (Wildman–Crippen MR) is 113 cm³/mol. The number of benzene rings is 1.